The van der Waals surface area contributed by atoms with Gasteiger partial charge in [-0.05, 0) is 12.8 Å². The van der Waals surface area contributed by atoms with E-state index < -0.39 is 0 Å². The molecule has 0 aromatic heterocycles. The number of hydrogen-bond donors (Lipinski definition) is 0. The van der Waals surface area contributed by atoms with Crippen LogP contribution >= 0.6 is 0 Å². The van der Waals surface area contributed by atoms with Crippen LogP contribution in [-0.2, 0) is 4.74 Å². The van der Waals surface area contributed by atoms with Gasteiger partial charge in [0.1, 0.15) is 24.2 Å². The maximum atomic E-state index is 12.1. The summed E-state index contributed by atoms with van der Waals surface area (Å²) in [6, 6.07) is 0. The lowest BCUT2D eigenvalue weighted by Crippen LogP contribution is -1.92. The summed E-state index contributed by atoms with van der Waals surface area (Å²) in [5.74, 6) is 0.389. The number of ether oxygens (including phenoxy) is 1. The molecular weight excluding hydrogens is 174 g/mol. The Morgan fingerprint density at radius 3 is 1.62 bits per heavy atom. The van der Waals surface area contributed by atoms with E-state index >= 15 is 0 Å². The molecule has 1 nitrogen and oxygen atoms in total. The Hall–Kier alpha value is -0.860. The first kappa shape index (κ1) is 12.1. The van der Waals surface area contributed by atoms with Gasteiger partial charge in [0.15, 0.2) is 0 Å². The minimum absolute atomic E-state index is 0.194. The largest absolute Gasteiger partial charge is 0.461 e. The summed E-state index contributed by atoms with van der Waals surface area (Å²) in [6.07, 6.45) is 3.34. The highest BCUT2D eigenvalue weighted by Gasteiger charge is 2.02. The molecule has 0 aliphatic heterocycles. The second-order valence-corrected chi connectivity index (χ2v) is 2.75. The smallest absolute Gasteiger partial charge is 0.132 e. The SMILES string of the molecule is CCCC(=CF)OC(=CF)CCC. The molecule has 13 heavy (non-hydrogen) atoms. The van der Waals surface area contributed by atoms with Gasteiger partial charge in [-0.15, -0.1) is 0 Å². The highest BCUT2D eigenvalue weighted by Crippen LogP contribution is 2.16. The van der Waals surface area contributed by atoms with Crippen LogP contribution in [0.4, 0.5) is 8.78 Å². The van der Waals surface area contributed by atoms with E-state index in [1.807, 2.05) is 13.8 Å². The molecule has 0 rings (SSSR count). The van der Waals surface area contributed by atoms with Crippen molar-refractivity contribution < 1.29 is 13.5 Å². The molecule has 0 saturated heterocycles. The predicted molar refractivity (Wildman–Crippen MR) is 49.3 cm³/mol. The molecule has 0 N–H and O–H groups in total. The summed E-state index contributed by atoms with van der Waals surface area (Å²) < 4.78 is 29.3. The van der Waals surface area contributed by atoms with Gasteiger partial charge in [-0.2, -0.15) is 0 Å². The van der Waals surface area contributed by atoms with Gasteiger partial charge in [0.05, 0.1) is 0 Å². The van der Waals surface area contributed by atoms with Crippen molar-refractivity contribution in [3.8, 4) is 0 Å². The molecule has 76 valence electrons. The molecule has 0 radical (unpaired) electrons. The molecule has 0 aliphatic rings. The Morgan fingerprint density at radius 2 is 1.38 bits per heavy atom. The molecule has 0 bridgehead atoms. The molecule has 0 aliphatic carbocycles. The van der Waals surface area contributed by atoms with Crippen LogP contribution in [0.3, 0.4) is 0 Å². The minimum Gasteiger partial charge on any atom is -0.461 e. The van der Waals surface area contributed by atoms with Crippen LogP contribution in [0.2, 0.25) is 0 Å². The van der Waals surface area contributed by atoms with Gasteiger partial charge in [0, 0.05) is 12.8 Å². The molecule has 0 atom stereocenters. The molecule has 0 spiro atoms. The Balaban J connectivity index is 4.05. The average Bonchev–Trinajstić information content (AvgIpc) is 2.16. The van der Waals surface area contributed by atoms with Crippen LogP contribution in [0.1, 0.15) is 39.5 Å². The van der Waals surface area contributed by atoms with E-state index in [0.717, 1.165) is 12.8 Å². The van der Waals surface area contributed by atoms with Crippen molar-refractivity contribution in [1.29, 1.82) is 0 Å². The van der Waals surface area contributed by atoms with E-state index in [0.29, 0.717) is 25.5 Å². The summed E-state index contributed by atoms with van der Waals surface area (Å²) in [5, 5.41) is 0. The summed E-state index contributed by atoms with van der Waals surface area (Å²) >= 11 is 0. The normalized spacial score (nSPS) is 13.2. The van der Waals surface area contributed by atoms with Crippen molar-refractivity contribution in [3.63, 3.8) is 0 Å². The standard InChI is InChI=1S/C10H16F2O/c1-3-5-9(7-11)13-10(8-12)6-4-2/h7-8H,3-6H2,1-2H3. The predicted octanol–water partition coefficient (Wildman–Crippen LogP) is 4.23. The Bertz CT molecular complexity index is 165. The second-order valence-electron chi connectivity index (χ2n) is 2.75. The van der Waals surface area contributed by atoms with Gasteiger partial charge in [-0.25, -0.2) is 8.78 Å². The van der Waals surface area contributed by atoms with Gasteiger partial charge in [-0.3, -0.25) is 0 Å². The number of allylic oxidation sites excluding steroid dienone is 2. The fourth-order valence-electron chi connectivity index (χ4n) is 0.917. The van der Waals surface area contributed by atoms with Crippen molar-refractivity contribution in [2.24, 2.45) is 0 Å². The molecule has 3 heteroatoms. The fourth-order valence-corrected chi connectivity index (χ4v) is 0.917. The van der Waals surface area contributed by atoms with E-state index in [2.05, 4.69) is 0 Å². The Labute approximate surface area is 78.1 Å². The minimum atomic E-state index is 0.194. The molecule has 0 aromatic rings. The first-order valence-corrected chi connectivity index (χ1v) is 4.54. The average molecular weight is 190 g/mol. The van der Waals surface area contributed by atoms with Crippen LogP contribution < -0.4 is 0 Å². The fraction of sp³-hybridized carbons (Fsp3) is 0.600. The van der Waals surface area contributed by atoms with Gasteiger partial charge < -0.3 is 4.74 Å². The molecule has 0 fully saturated rings. The van der Waals surface area contributed by atoms with Crippen molar-refractivity contribution in [2.75, 3.05) is 0 Å². The number of hydrogen-bond acceptors (Lipinski definition) is 1. The third-order valence-electron chi connectivity index (χ3n) is 1.50. The summed E-state index contributed by atoms with van der Waals surface area (Å²) in [5.41, 5.74) is 0. The van der Waals surface area contributed by atoms with Crippen LogP contribution in [0.15, 0.2) is 24.2 Å². The van der Waals surface area contributed by atoms with E-state index in [4.69, 9.17) is 4.74 Å². The maximum absolute atomic E-state index is 12.1. The zero-order valence-corrected chi connectivity index (χ0v) is 8.15. The third-order valence-corrected chi connectivity index (χ3v) is 1.50. The maximum Gasteiger partial charge on any atom is 0.132 e. The van der Waals surface area contributed by atoms with Crippen molar-refractivity contribution in [3.05, 3.63) is 24.2 Å². The lowest BCUT2D eigenvalue weighted by Gasteiger charge is -2.09. The highest BCUT2D eigenvalue weighted by atomic mass is 19.1. The lowest BCUT2D eigenvalue weighted by atomic mass is 10.3. The zero-order chi connectivity index (χ0) is 10.1. The zero-order valence-electron chi connectivity index (χ0n) is 8.15. The van der Waals surface area contributed by atoms with Crippen molar-refractivity contribution in [1.82, 2.24) is 0 Å². The molecular formula is C10H16F2O. The van der Waals surface area contributed by atoms with Crippen LogP contribution in [0.5, 0.6) is 0 Å². The van der Waals surface area contributed by atoms with Crippen LogP contribution in [0, 0.1) is 0 Å². The van der Waals surface area contributed by atoms with E-state index in [1.54, 1.807) is 0 Å². The highest BCUT2D eigenvalue weighted by molar-refractivity contribution is 4.96. The van der Waals surface area contributed by atoms with Crippen molar-refractivity contribution >= 4 is 0 Å². The van der Waals surface area contributed by atoms with Crippen LogP contribution in [0.25, 0.3) is 0 Å². The summed E-state index contributed by atoms with van der Waals surface area (Å²) in [7, 11) is 0. The van der Waals surface area contributed by atoms with Gasteiger partial charge >= 0.3 is 0 Å². The number of rotatable bonds is 6. The van der Waals surface area contributed by atoms with E-state index in [-0.39, 0.29) is 11.5 Å². The third kappa shape index (κ3) is 5.39. The first-order chi connectivity index (χ1) is 6.28. The molecule has 0 amide bonds. The van der Waals surface area contributed by atoms with Gasteiger partial charge in [0.25, 0.3) is 0 Å². The second kappa shape index (κ2) is 7.77. The molecule has 0 aromatic carbocycles. The Morgan fingerprint density at radius 1 is 1.00 bits per heavy atom. The monoisotopic (exact) mass is 190 g/mol. The molecule has 0 unspecified atom stereocenters. The first-order valence-electron chi connectivity index (χ1n) is 4.54. The lowest BCUT2D eigenvalue weighted by molar-refractivity contribution is 0.260. The quantitative estimate of drug-likeness (QED) is 0.569. The summed E-state index contributed by atoms with van der Waals surface area (Å²) in [6.45, 7) is 3.82. The molecule has 0 saturated carbocycles. The molecule has 0 heterocycles. The summed E-state index contributed by atoms with van der Waals surface area (Å²) in [4.78, 5) is 0. The van der Waals surface area contributed by atoms with Crippen LogP contribution in [-0.4, -0.2) is 0 Å². The Kier molecular flexibility index (Phi) is 7.26. The van der Waals surface area contributed by atoms with E-state index in [9.17, 15) is 8.78 Å². The van der Waals surface area contributed by atoms with Crippen molar-refractivity contribution in [2.45, 2.75) is 39.5 Å². The van der Waals surface area contributed by atoms with Gasteiger partial charge in [0.2, 0.25) is 0 Å². The number of halogens is 2. The van der Waals surface area contributed by atoms with Gasteiger partial charge in [-0.1, -0.05) is 13.8 Å². The topological polar surface area (TPSA) is 9.23 Å². The van der Waals surface area contributed by atoms with E-state index in [1.165, 1.54) is 0 Å².